The minimum absolute atomic E-state index is 0.0419. The quantitative estimate of drug-likeness (QED) is 0.660. The molecule has 2 aromatic heterocycles. The van der Waals surface area contributed by atoms with E-state index in [0.717, 1.165) is 42.9 Å². The van der Waals surface area contributed by atoms with Crippen molar-refractivity contribution in [2.75, 3.05) is 0 Å². The molecule has 1 atom stereocenters. The van der Waals surface area contributed by atoms with Gasteiger partial charge < -0.3 is 0 Å². The third-order valence-electron chi connectivity index (χ3n) is 6.80. The first-order valence-electron chi connectivity index (χ1n) is 10.1. The lowest BCUT2D eigenvalue weighted by atomic mass is 9.34. The lowest BCUT2D eigenvalue weighted by Crippen LogP contribution is -2.68. The van der Waals surface area contributed by atoms with Crippen LogP contribution in [0.1, 0.15) is 37.3 Å². The van der Waals surface area contributed by atoms with Gasteiger partial charge in [-0.1, -0.05) is 0 Å². The number of pyridine rings is 1. The molecule has 152 valence electrons. The van der Waals surface area contributed by atoms with Gasteiger partial charge in [-0.2, -0.15) is 10.2 Å². The van der Waals surface area contributed by atoms with Crippen LogP contribution in [0.5, 0.6) is 0 Å². The summed E-state index contributed by atoms with van der Waals surface area (Å²) in [7, 11) is 0. The first-order valence-corrected chi connectivity index (χ1v) is 10.1. The van der Waals surface area contributed by atoms with Gasteiger partial charge in [0, 0.05) is 31.4 Å². The molecular weight excluding hydrogens is 388 g/mol. The van der Waals surface area contributed by atoms with Crippen molar-refractivity contribution in [2.45, 2.75) is 38.3 Å². The number of hydrogen-bond acceptors (Lipinski definition) is 4. The summed E-state index contributed by atoms with van der Waals surface area (Å²) in [5, 5.41) is 10.2. The molecule has 2 bridgehead atoms. The van der Waals surface area contributed by atoms with Gasteiger partial charge in [-0.3, -0.25) is 14.5 Å². The van der Waals surface area contributed by atoms with Gasteiger partial charge in [-0.05, 0) is 54.5 Å². The molecule has 1 aromatic carbocycles. The van der Waals surface area contributed by atoms with E-state index in [9.17, 15) is 13.6 Å². The van der Waals surface area contributed by atoms with E-state index in [1.54, 1.807) is 18.6 Å². The second-order valence-corrected chi connectivity index (χ2v) is 8.92. The Morgan fingerprint density at radius 2 is 1.93 bits per heavy atom. The first-order chi connectivity index (χ1) is 14.5. The highest BCUT2D eigenvalue weighted by molar-refractivity contribution is 5.88. The van der Waals surface area contributed by atoms with E-state index >= 15 is 0 Å². The lowest BCUT2D eigenvalue weighted by Gasteiger charge is -2.69. The molecule has 1 amide bonds. The van der Waals surface area contributed by atoms with Crippen molar-refractivity contribution >= 4 is 23.2 Å². The average Bonchev–Trinajstić information content (AvgIpc) is 3.29. The maximum atomic E-state index is 13.7. The van der Waals surface area contributed by atoms with Gasteiger partial charge in [0.25, 0.3) is 0 Å². The molecule has 3 aromatic rings. The molecule has 4 aliphatic rings. The fourth-order valence-corrected chi connectivity index (χ4v) is 5.65. The first kappa shape index (κ1) is 17.7. The number of amides is 1. The second-order valence-electron chi connectivity index (χ2n) is 8.92. The normalized spacial score (nSPS) is 29.1. The summed E-state index contributed by atoms with van der Waals surface area (Å²) < 4.78 is 29.3. The Labute approximate surface area is 171 Å². The van der Waals surface area contributed by atoms with Crippen molar-refractivity contribution in [1.82, 2.24) is 19.8 Å². The minimum Gasteiger partial charge on any atom is -0.272 e. The van der Waals surface area contributed by atoms with Gasteiger partial charge in [-0.25, -0.2) is 13.8 Å². The van der Waals surface area contributed by atoms with Gasteiger partial charge >= 0.3 is 0 Å². The van der Waals surface area contributed by atoms with Crippen LogP contribution in [0.4, 0.5) is 8.78 Å². The summed E-state index contributed by atoms with van der Waals surface area (Å²) in [5.41, 5.74) is 1.98. The van der Waals surface area contributed by atoms with Crippen LogP contribution in [0.2, 0.25) is 0 Å². The van der Waals surface area contributed by atoms with Crippen molar-refractivity contribution in [3.8, 4) is 0 Å². The third kappa shape index (κ3) is 2.45. The maximum Gasteiger partial charge on any atom is 0.249 e. The average molecular weight is 407 g/mol. The minimum atomic E-state index is -0.644. The summed E-state index contributed by atoms with van der Waals surface area (Å²) in [6, 6.07) is 6.85. The van der Waals surface area contributed by atoms with Crippen molar-refractivity contribution in [1.29, 1.82) is 0 Å². The number of aromatic nitrogens is 3. The van der Waals surface area contributed by atoms with Gasteiger partial charge in [0.05, 0.1) is 23.2 Å². The molecule has 3 saturated carbocycles. The van der Waals surface area contributed by atoms with Gasteiger partial charge in [0.2, 0.25) is 5.91 Å². The van der Waals surface area contributed by atoms with Crippen molar-refractivity contribution < 1.29 is 13.6 Å². The molecule has 0 N–H and O–H groups in total. The van der Waals surface area contributed by atoms with E-state index in [1.807, 2.05) is 16.8 Å². The highest BCUT2D eigenvalue weighted by Crippen LogP contribution is 2.74. The number of halogens is 2. The van der Waals surface area contributed by atoms with E-state index in [1.165, 1.54) is 17.1 Å². The fourth-order valence-electron chi connectivity index (χ4n) is 5.65. The van der Waals surface area contributed by atoms with Crippen LogP contribution in [0.15, 0.2) is 47.8 Å². The van der Waals surface area contributed by atoms with E-state index in [4.69, 9.17) is 0 Å². The molecule has 1 unspecified atom stereocenters. The molecule has 0 spiro atoms. The topological polar surface area (TPSA) is 63.4 Å². The number of rotatable bonds is 4. The summed E-state index contributed by atoms with van der Waals surface area (Å²) >= 11 is 0. The zero-order valence-corrected chi connectivity index (χ0v) is 16.1. The van der Waals surface area contributed by atoms with Crippen LogP contribution in [0.3, 0.4) is 0 Å². The predicted octanol–water partition coefficient (Wildman–Crippen LogP) is 3.84. The number of hydrogen-bond donors (Lipinski definition) is 0. The lowest BCUT2D eigenvalue weighted by molar-refractivity contribution is -0.223. The molecule has 8 heteroatoms. The molecule has 3 heterocycles. The Bertz CT molecular complexity index is 1180. The Balaban J connectivity index is 1.18. The molecule has 3 aliphatic carbocycles. The number of benzene rings is 1. The maximum absolute atomic E-state index is 13.7. The number of nitrogens with zero attached hydrogens (tertiary/aromatic N) is 5. The SMILES string of the molecule is O=C(N1N=CCC1c1cc(F)cc(F)c1)C12CC(Cn3ncc4ncccc43)(C1)C2. The predicted molar refractivity (Wildman–Crippen MR) is 105 cm³/mol. The van der Waals surface area contributed by atoms with Crippen LogP contribution < -0.4 is 0 Å². The summed E-state index contributed by atoms with van der Waals surface area (Å²) in [5.74, 6) is -1.33. The second kappa shape index (κ2) is 5.93. The van der Waals surface area contributed by atoms with Crippen LogP contribution in [-0.4, -0.2) is 31.9 Å². The van der Waals surface area contributed by atoms with Crippen LogP contribution in [-0.2, 0) is 11.3 Å². The molecule has 0 radical (unpaired) electrons. The summed E-state index contributed by atoms with van der Waals surface area (Å²) in [4.78, 5) is 17.6. The Hall–Kier alpha value is -3.16. The number of carbonyl (C=O) groups is 1. The molecule has 7 rings (SSSR count). The van der Waals surface area contributed by atoms with Crippen molar-refractivity contribution in [2.24, 2.45) is 15.9 Å². The van der Waals surface area contributed by atoms with E-state index < -0.39 is 23.1 Å². The van der Waals surface area contributed by atoms with E-state index in [-0.39, 0.29) is 11.3 Å². The smallest absolute Gasteiger partial charge is 0.249 e. The third-order valence-corrected chi connectivity index (χ3v) is 6.80. The zero-order valence-electron chi connectivity index (χ0n) is 16.1. The monoisotopic (exact) mass is 407 g/mol. The zero-order chi connectivity index (χ0) is 20.5. The number of carbonyl (C=O) groups excluding carboxylic acids is 1. The summed E-state index contributed by atoms with van der Waals surface area (Å²) in [6.45, 7) is 0.763. The van der Waals surface area contributed by atoms with E-state index in [2.05, 4.69) is 15.2 Å². The van der Waals surface area contributed by atoms with Crippen molar-refractivity contribution in [3.05, 3.63) is 59.9 Å². The number of hydrazone groups is 1. The van der Waals surface area contributed by atoms with Crippen molar-refractivity contribution in [3.63, 3.8) is 0 Å². The number of fused-ring (bicyclic) bond motifs is 1. The highest BCUT2D eigenvalue weighted by Gasteiger charge is 2.72. The van der Waals surface area contributed by atoms with Gasteiger partial charge in [0.15, 0.2) is 0 Å². The molecule has 3 fully saturated rings. The van der Waals surface area contributed by atoms with E-state index in [0.29, 0.717) is 12.0 Å². The largest absolute Gasteiger partial charge is 0.272 e. The molecule has 1 aliphatic heterocycles. The standard InChI is InChI=1S/C22H19F2N5O/c23-15-6-14(7-16(24)8-15)18-3-5-26-29(18)20(30)22-10-21(11-22,12-22)13-28-19-2-1-4-25-17(19)9-27-28/h1-2,4-9,18H,3,10-13H2. The van der Waals surface area contributed by atoms with Crippen LogP contribution in [0, 0.1) is 22.5 Å². The van der Waals surface area contributed by atoms with Gasteiger partial charge in [-0.15, -0.1) is 0 Å². The molecule has 30 heavy (non-hydrogen) atoms. The Morgan fingerprint density at radius 3 is 2.70 bits per heavy atom. The molecule has 0 saturated heterocycles. The fraction of sp³-hybridized carbons (Fsp3) is 0.364. The molecular formula is C22H19F2N5O. The summed E-state index contributed by atoms with van der Waals surface area (Å²) in [6.07, 6.45) is 7.99. The van der Waals surface area contributed by atoms with Gasteiger partial charge in [0.1, 0.15) is 17.2 Å². The highest BCUT2D eigenvalue weighted by atomic mass is 19.1. The Kier molecular flexibility index (Phi) is 3.50. The molecule has 6 nitrogen and oxygen atoms in total. The van der Waals surface area contributed by atoms with Crippen LogP contribution in [0.25, 0.3) is 11.0 Å². The van der Waals surface area contributed by atoms with Crippen LogP contribution >= 0.6 is 0 Å². The Morgan fingerprint density at radius 1 is 1.17 bits per heavy atom.